The number of carboxylic acids is 1. The lowest BCUT2D eigenvalue weighted by Crippen LogP contribution is -2.30. The second-order valence-corrected chi connectivity index (χ2v) is 7.53. The molecule has 1 amide bonds. The summed E-state index contributed by atoms with van der Waals surface area (Å²) in [7, 11) is 0. The van der Waals surface area contributed by atoms with Gasteiger partial charge in [0.1, 0.15) is 0 Å². The second kappa shape index (κ2) is 9.75. The van der Waals surface area contributed by atoms with E-state index in [9.17, 15) is 14.7 Å². The molecule has 0 unspecified atom stereocenters. The van der Waals surface area contributed by atoms with Gasteiger partial charge in [0.25, 0.3) is 5.91 Å². The van der Waals surface area contributed by atoms with Crippen molar-refractivity contribution in [1.82, 2.24) is 4.90 Å². The average Bonchev–Trinajstić information content (AvgIpc) is 2.84. The van der Waals surface area contributed by atoms with Gasteiger partial charge in [-0.05, 0) is 34.4 Å². The molecule has 0 atom stereocenters. The number of carbonyl (C=O) groups excluding carboxylic acids is 1. The predicted molar refractivity (Wildman–Crippen MR) is 125 cm³/mol. The fourth-order valence-electron chi connectivity index (χ4n) is 3.79. The third-order valence-electron chi connectivity index (χ3n) is 5.32. The molecule has 0 saturated carbocycles. The fraction of sp³-hybridized carbons (Fsp3) is 0.0714. The van der Waals surface area contributed by atoms with Crippen LogP contribution in [0.15, 0.2) is 109 Å². The minimum Gasteiger partial charge on any atom is -0.478 e. The highest BCUT2D eigenvalue weighted by atomic mass is 16.4. The zero-order valence-corrected chi connectivity index (χ0v) is 17.5. The number of aromatic carboxylic acids is 1. The second-order valence-electron chi connectivity index (χ2n) is 7.53. The van der Waals surface area contributed by atoms with Gasteiger partial charge in [-0.25, -0.2) is 4.79 Å². The molecule has 4 aromatic rings. The van der Waals surface area contributed by atoms with E-state index in [4.69, 9.17) is 0 Å². The molecule has 0 spiro atoms. The minimum atomic E-state index is -1.02. The van der Waals surface area contributed by atoms with Gasteiger partial charge in [-0.15, -0.1) is 0 Å². The average molecular weight is 421 g/mol. The van der Waals surface area contributed by atoms with Crippen molar-refractivity contribution in [3.05, 3.63) is 131 Å². The van der Waals surface area contributed by atoms with Gasteiger partial charge in [-0.2, -0.15) is 0 Å². The van der Waals surface area contributed by atoms with Crippen molar-refractivity contribution in [1.29, 1.82) is 0 Å². The Balaban J connectivity index is 1.75. The zero-order chi connectivity index (χ0) is 22.3. The topological polar surface area (TPSA) is 57.6 Å². The first kappa shape index (κ1) is 21.1. The molecule has 0 aliphatic carbocycles. The van der Waals surface area contributed by atoms with Crippen LogP contribution in [-0.4, -0.2) is 21.9 Å². The molecule has 0 aliphatic heterocycles. The van der Waals surface area contributed by atoms with Gasteiger partial charge in [-0.3, -0.25) is 4.79 Å². The number of carboxylic acid groups (broad SMARTS) is 1. The summed E-state index contributed by atoms with van der Waals surface area (Å²) >= 11 is 0. The van der Waals surface area contributed by atoms with Gasteiger partial charge < -0.3 is 10.0 Å². The summed E-state index contributed by atoms with van der Waals surface area (Å²) in [5, 5.41) is 9.66. The Morgan fingerprint density at radius 2 is 0.969 bits per heavy atom. The van der Waals surface area contributed by atoms with E-state index in [-0.39, 0.29) is 11.5 Å². The largest absolute Gasteiger partial charge is 0.478 e. The van der Waals surface area contributed by atoms with Crippen LogP contribution in [0.2, 0.25) is 0 Å². The van der Waals surface area contributed by atoms with Gasteiger partial charge >= 0.3 is 5.97 Å². The standard InChI is InChI=1S/C28H23NO3/c30-27(25-17-9-7-15-23(25)24-16-8-10-18-26(24)28(31)32)29(19-21-11-3-1-4-12-21)20-22-13-5-2-6-14-22/h1-18H,19-20H2,(H,31,32). The number of amides is 1. The summed E-state index contributed by atoms with van der Waals surface area (Å²) in [5.41, 5.74) is 3.85. The Bertz CT molecular complexity index is 1180. The van der Waals surface area contributed by atoms with Gasteiger partial charge in [0, 0.05) is 18.7 Å². The van der Waals surface area contributed by atoms with Crippen LogP contribution in [-0.2, 0) is 13.1 Å². The van der Waals surface area contributed by atoms with Crippen LogP contribution in [0.25, 0.3) is 11.1 Å². The molecule has 158 valence electrons. The molecule has 1 N–H and O–H groups in total. The first-order valence-electron chi connectivity index (χ1n) is 10.4. The molecule has 4 nitrogen and oxygen atoms in total. The molecule has 0 fully saturated rings. The van der Waals surface area contributed by atoms with Crippen LogP contribution in [0.1, 0.15) is 31.8 Å². The highest BCUT2D eigenvalue weighted by Gasteiger charge is 2.22. The summed E-state index contributed by atoms with van der Waals surface area (Å²) in [6, 6.07) is 33.7. The van der Waals surface area contributed by atoms with Crippen LogP contribution in [0.3, 0.4) is 0 Å². The van der Waals surface area contributed by atoms with E-state index >= 15 is 0 Å². The summed E-state index contributed by atoms with van der Waals surface area (Å²) in [5.74, 6) is -1.17. The zero-order valence-electron chi connectivity index (χ0n) is 17.5. The van der Waals surface area contributed by atoms with Crippen LogP contribution in [0, 0.1) is 0 Å². The summed E-state index contributed by atoms with van der Waals surface area (Å²) in [6.07, 6.45) is 0. The molecular weight excluding hydrogens is 398 g/mol. The number of nitrogens with zero attached hydrogens (tertiary/aromatic N) is 1. The molecule has 32 heavy (non-hydrogen) atoms. The van der Waals surface area contributed by atoms with Crippen molar-refractivity contribution in [3.63, 3.8) is 0 Å². The quantitative estimate of drug-likeness (QED) is 0.404. The van der Waals surface area contributed by atoms with Crippen LogP contribution >= 0.6 is 0 Å². The van der Waals surface area contributed by atoms with Crippen molar-refractivity contribution >= 4 is 11.9 Å². The lowest BCUT2D eigenvalue weighted by atomic mass is 9.94. The molecular formula is C28H23NO3. The highest BCUT2D eigenvalue weighted by Crippen LogP contribution is 2.29. The van der Waals surface area contributed by atoms with E-state index in [0.29, 0.717) is 29.8 Å². The van der Waals surface area contributed by atoms with Crippen LogP contribution in [0.5, 0.6) is 0 Å². The molecule has 0 aromatic heterocycles. The maximum absolute atomic E-state index is 13.8. The number of hydrogen-bond acceptors (Lipinski definition) is 2. The Morgan fingerprint density at radius 1 is 0.562 bits per heavy atom. The van der Waals surface area contributed by atoms with Crippen molar-refractivity contribution in [2.75, 3.05) is 0 Å². The smallest absolute Gasteiger partial charge is 0.336 e. The molecule has 4 rings (SSSR count). The molecule has 4 heteroatoms. The molecule has 0 bridgehead atoms. The Kier molecular flexibility index (Phi) is 6.42. The van der Waals surface area contributed by atoms with Crippen LogP contribution in [0.4, 0.5) is 0 Å². The molecule has 0 saturated heterocycles. The molecule has 0 aliphatic rings. The van der Waals surface area contributed by atoms with Gasteiger partial charge in [0.2, 0.25) is 0 Å². The van der Waals surface area contributed by atoms with Crippen molar-refractivity contribution in [2.45, 2.75) is 13.1 Å². The molecule has 0 heterocycles. The molecule has 0 radical (unpaired) electrons. The van der Waals surface area contributed by atoms with E-state index in [2.05, 4.69) is 0 Å². The highest BCUT2D eigenvalue weighted by molar-refractivity contribution is 6.04. The van der Waals surface area contributed by atoms with E-state index in [1.807, 2.05) is 72.8 Å². The maximum Gasteiger partial charge on any atom is 0.336 e. The van der Waals surface area contributed by atoms with Crippen LogP contribution < -0.4 is 0 Å². The van der Waals surface area contributed by atoms with E-state index in [1.165, 1.54) is 0 Å². The molecule has 4 aromatic carbocycles. The lowest BCUT2D eigenvalue weighted by molar-refractivity contribution is 0.0694. The number of benzene rings is 4. The number of hydrogen-bond donors (Lipinski definition) is 1. The maximum atomic E-state index is 13.8. The van der Waals surface area contributed by atoms with Crippen molar-refractivity contribution in [3.8, 4) is 11.1 Å². The summed E-state index contributed by atoms with van der Waals surface area (Å²) < 4.78 is 0. The number of rotatable bonds is 7. The number of carbonyl (C=O) groups is 2. The summed E-state index contributed by atoms with van der Waals surface area (Å²) in [6.45, 7) is 0.896. The third-order valence-corrected chi connectivity index (χ3v) is 5.32. The predicted octanol–water partition coefficient (Wildman–Crippen LogP) is 5.89. The van der Waals surface area contributed by atoms with Crippen molar-refractivity contribution < 1.29 is 14.7 Å². The third kappa shape index (κ3) is 4.76. The Labute approximate surface area is 187 Å². The Morgan fingerprint density at radius 3 is 1.47 bits per heavy atom. The first-order chi connectivity index (χ1) is 15.6. The monoisotopic (exact) mass is 421 g/mol. The van der Waals surface area contributed by atoms with Gasteiger partial charge in [0.05, 0.1) is 5.56 Å². The lowest BCUT2D eigenvalue weighted by Gasteiger charge is -2.25. The van der Waals surface area contributed by atoms with E-state index < -0.39 is 5.97 Å². The minimum absolute atomic E-state index is 0.145. The first-order valence-corrected chi connectivity index (χ1v) is 10.4. The SMILES string of the molecule is O=C(O)c1ccccc1-c1ccccc1C(=O)N(Cc1ccccc1)Cc1ccccc1. The van der Waals surface area contributed by atoms with Gasteiger partial charge in [-0.1, -0.05) is 97.1 Å². The summed E-state index contributed by atoms with van der Waals surface area (Å²) in [4.78, 5) is 27.4. The van der Waals surface area contributed by atoms with E-state index in [1.54, 1.807) is 41.3 Å². The van der Waals surface area contributed by atoms with Crippen molar-refractivity contribution in [2.24, 2.45) is 0 Å². The van der Waals surface area contributed by atoms with Gasteiger partial charge in [0.15, 0.2) is 0 Å². The fourth-order valence-corrected chi connectivity index (χ4v) is 3.79. The normalized spacial score (nSPS) is 10.5. The Hall–Kier alpha value is -4.18. The van der Waals surface area contributed by atoms with E-state index in [0.717, 1.165) is 11.1 Å².